The third kappa shape index (κ3) is 7.21. The smallest absolute Gasteiger partial charge is 0.335 e. The Kier molecular flexibility index (Phi) is 8.60. The molecule has 1 aromatic heterocycles. The Labute approximate surface area is 217 Å². The van der Waals surface area contributed by atoms with Crippen molar-refractivity contribution in [3.05, 3.63) is 71.0 Å². The second-order valence-electron chi connectivity index (χ2n) is 8.52. The molecule has 1 aliphatic rings. The van der Waals surface area contributed by atoms with Crippen molar-refractivity contribution in [1.82, 2.24) is 25.5 Å². The van der Waals surface area contributed by atoms with E-state index in [1.54, 1.807) is 24.3 Å². The number of anilines is 1. The van der Waals surface area contributed by atoms with Crippen LogP contribution in [-0.4, -0.2) is 62.4 Å². The zero-order valence-electron chi connectivity index (χ0n) is 19.7. The number of carbonyl (C=O) groups is 3. The van der Waals surface area contributed by atoms with Gasteiger partial charge in [-0.15, -0.1) is 5.10 Å². The van der Waals surface area contributed by atoms with Crippen molar-refractivity contribution in [2.45, 2.75) is 25.3 Å². The van der Waals surface area contributed by atoms with Crippen molar-refractivity contribution in [3.8, 4) is 5.69 Å². The number of nitrogens with one attached hydrogen (secondary N) is 2. The minimum absolute atomic E-state index is 0.109. The Morgan fingerprint density at radius 3 is 2.59 bits per heavy atom. The standard InChI is InChI=1S/C25H25ClN6O5/c26-19-4-7-22(32-15-27-30-31-32)18(14-19)3-8-23(33)29-21(13-16-9-11-37-12-10-16)24(34)28-20-5-1-17(2-6-20)25(35)36/h1-8,14-16,21H,9-13H2,(H,28,34)(H,29,33)(H,35,36)/t21-/m0/s1. The maximum atomic E-state index is 13.1. The number of carbonyl (C=O) groups excluding carboxylic acids is 2. The molecule has 192 valence electrons. The average molecular weight is 525 g/mol. The van der Waals surface area contributed by atoms with Crippen molar-refractivity contribution in [2.75, 3.05) is 18.5 Å². The average Bonchev–Trinajstić information content (AvgIpc) is 3.43. The SMILES string of the molecule is O=C(C=Cc1cc(Cl)ccc1-n1cnnn1)N[C@@H](CC1CCOCC1)C(=O)Nc1ccc(C(=O)O)cc1. The van der Waals surface area contributed by atoms with Crippen LogP contribution in [0.25, 0.3) is 11.8 Å². The van der Waals surface area contributed by atoms with Gasteiger partial charge in [0.25, 0.3) is 0 Å². The molecule has 1 fully saturated rings. The van der Waals surface area contributed by atoms with E-state index in [0.29, 0.717) is 41.6 Å². The zero-order valence-corrected chi connectivity index (χ0v) is 20.5. The molecule has 2 aromatic carbocycles. The highest BCUT2D eigenvalue weighted by Crippen LogP contribution is 2.22. The lowest BCUT2D eigenvalue weighted by molar-refractivity contribution is -0.124. The Morgan fingerprint density at radius 2 is 1.92 bits per heavy atom. The number of ether oxygens (including phenoxy) is 1. The van der Waals surface area contributed by atoms with Crippen molar-refractivity contribution in [2.24, 2.45) is 5.92 Å². The molecule has 4 rings (SSSR count). The second kappa shape index (κ2) is 12.2. The van der Waals surface area contributed by atoms with Crippen LogP contribution in [-0.2, 0) is 14.3 Å². The number of hydrogen-bond acceptors (Lipinski definition) is 7. The molecule has 0 radical (unpaired) electrons. The molecule has 2 amide bonds. The Hall–Kier alpha value is -4.09. The van der Waals surface area contributed by atoms with Gasteiger partial charge in [0.15, 0.2) is 0 Å². The molecule has 0 aliphatic carbocycles. The number of aromatic carboxylic acids is 1. The molecule has 12 heteroatoms. The number of aromatic nitrogens is 4. The van der Waals surface area contributed by atoms with Gasteiger partial charge in [0.05, 0.1) is 11.3 Å². The summed E-state index contributed by atoms with van der Waals surface area (Å²) in [7, 11) is 0. The van der Waals surface area contributed by atoms with Gasteiger partial charge in [-0.3, -0.25) is 9.59 Å². The molecule has 1 saturated heterocycles. The molecule has 0 saturated carbocycles. The van der Waals surface area contributed by atoms with Crippen molar-refractivity contribution < 1.29 is 24.2 Å². The van der Waals surface area contributed by atoms with Crippen LogP contribution in [0.4, 0.5) is 5.69 Å². The van der Waals surface area contributed by atoms with E-state index in [1.165, 1.54) is 41.4 Å². The summed E-state index contributed by atoms with van der Waals surface area (Å²) in [6, 6.07) is 10.1. The third-order valence-electron chi connectivity index (χ3n) is 5.94. The van der Waals surface area contributed by atoms with Crippen LogP contribution in [0.3, 0.4) is 0 Å². The lowest BCUT2D eigenvalue weighted by Crippen LogP contribution is -2.44. The third-order valence-corrected chi connectivity index (χ3v) is 6.18. The number of carboxylic acids is 1. The molecule has 0 unspecified atom stereocenters. The molecular weight excluding hydrogens is 500 g/mol. The number of hydrogen-bond donors (Lipinski definition) is 3. The Balaban J connectivity index is 1.48. The quantitative estimate of drug-likeness (QED) is 0.362. The summed E-state index contributed by atoms with van der Waals surface area (Å²) in [6.07, 6.45) is 6.35. The highest BCUT2D eigenvalue weighted by Gasteiger charge is 2.26. The minimum Gasteiger partial charge on any atom is -0.478 e. The molecule has 1 aliphatic heterocycles. The topological polar surface area (TPSA) is 148 Å². The number of rotatable bonds is 9. The molecule has 11 nitrogen and oxygen atoms in total. The highest BCUT2D eigenvalue weighted by atomic mass is 35.5. The summed E-state index contributed by atoms with van der Waals surface area (Å²) < 4.78 is 6.86. The summed E-state index contributed by atoms with van der Waals surface area (Å²) in [5.41, 5.74) is 1.78. The predicted molar refractivity (Wildman–Crippen MR) is 135 cm³/mol. The number of halogens is 1. The first-order valence-electron chi connectivity index (χ1n) is 11.6. The summed E-state index contributed by atoms with van der Waals surface area (Å²) in [6.45, 7) is 1.22. The van der Waals surface area contributed by atoms with Crippen molar-refractivity contribution in [3.63, 3.8) is 0 Å². The van der Waals surface area contributed by atoms with Crippen LogP contribution >= 0.6 is 11.6 Å². The minimum atomic E-state index is -1.06. The summed E-state index contributed by atoms with van der Waals surface area (Å²) in [5.74, 6) is -1.70. The van der Waals surface area contributed by atoms with E-state index in [0.717, 1.165) is 12.8 Å². The molecule has 3 N–H and O–H groups in total. The van der Waals surface area contributed by atoms with Gasteiger partial charge >= 0.3 is 5.97 Å². The van der Waals surface area contributed by atoms with Crippen LogP contribution in [0.5, 0.6) is 0 Å². The van der Waals surface area contributed by atoms with Gasteiger partial charge in [-0.1, -0.05) is 11.6 Å². The Bertz CT molecular complexity index is 1270. The molecule has 37 heavy (non-hydrogen) atoms. The maximum Gasteiger partial charge on any atom is 0.335 e. The van der Waals surface area contributed by atoms with E-state index in [4.69, 9.17) is 21.4 Å². The lowest BCUT2D eigenvalue weighted by atomic mass is 9.92. The van der Waals surface area contributed by atoms with Gasteiger partial charge in [-0.05, 0) is 84.1 Å². The van der Waals surface area contributed by atoms with Crippen molar-refractivity contribution in [1.29, 1.82) is 0 Å². The highest BCUT2D eigenvalue weighted by molar-refractivity contribution is 6.30. The summed E-state index contributed by atoms with van der Waals surface area (Å²) in [4.78, 5) is 37.1. The van der Waals surface area contributed by atoms with Crippen LogP contribution in [0.1, 0.15) is 35.2 Å². The van der Waals surface area contributed by atoms with Crippen molar-refractivity contribution >= 4 is 41.1 Å². The predicted octanol–water partition coefficient (Wildman–Crippen LogP) is 2.97. The van der Waals surface area contributed by atoms with E-state index in [-0.39, 0.29) is 11.5 Å². The number of carboxylic acid groups (broad SMARTS) is 1. The Morgan fingerprint density at radius 1 is 1.16 bits per heavy atom. The maximum absolute atomic E-state index is 13.1. The first-order valence-corrected chi connectivity index (χ1v) is 12.0. The number of tetrazole rings is 1. The van der Waals surface area contributed by atoms with Crippen LogP contribution in [0, 0.1) is 5.92 Å². The number of benzene rings is 2. The monoisotopic (exact) mass is 524 g/mol. The first-order chi connectivity index (χ1) is 17.9. The summed E-state index contributed by atoms with van der Waals surface area (Å²) in [5, 5.41) is 26.3. The second-order valence-corrected chi connectivity index (χ2v) is 8.95. The van der Waals surface area contributed by atoms with Crippen LogP contribution in [0.2, 0.25) is 5.02 Å². The van der Waals surface area contributed by atoms with Crippen LogP contribution in [0.15, 0.2) is 54.9 Å². The van der Waals surface area contributed by atoms with E-state index in [1.807, 2.05) is 0 Å². The van der Waals surface area contributed by atoms with Gasteiger partial charge in [-0.2, -0.15) is 4.68 Å². The molecule has 3 aromatic rings. The fourth-order valence-electron chi connectivity index (χ4n) is 4.00. The van der Waals surface area contributed by atoms with Gasteiger partial charge in [0.1, 0.15) is 12.4 Å². The fraction of sp³-hybridized carbons (Fsp3) is 0.280. The normalized spacial score (nSPS) is 14.8. The summed E-state index contributed by atoms with van der Waals surface area (Å²) >= 11 is 6.14. The number of nitrogens with zero attached hydrogens (tertiary/aromatic N) is 4. The fourth-order valence-corrected chi connectivity index (χ4v) is 4.18. The van der Waals surface area contributed by atoms with E-state index in [2.05, 4.69) is 26.2 Å². The van der Waals surface area contributed by atoms with Gasteiger partial charge in [0, 0.05) is 35.6 Å². The lowest BCUT2D eigenvalue weighted by Gasteiger charge is -2.26. The molecule has 0 bridgehead atoms. The van der Waals surface area contributed by atoms with E-state index in [9.17, 15) is 14.4 Å². The number of amides is 2. The van der Waals surface area contributed by atoms with E-state index < -0.39 is 23.8 Å². The molecular formula is C25H25ClN6O5. The van der Waals surface area contributed by atoms with Crippen LogP contribution < -0.4 is 10.6 Å². The van der Waals surface area contributed by atoms with Gasteiger partial charge in [-0.25, -0.2) is 4.79 Å². The molecule has 2 heterocycles. The van der Waals surface area contributed by atoms with E-state index >= 15 is 0 Å². The zero-order chi connectivity index (χ0) is 26.2. The first kappa shape index (κ1) is 26.0. The van der Waals surface area contributed by atoms with Gasteiger partial charge < -0.3 is 20.5 Å². The molecule has 1 atom stereocenters. The van der Waals surface area contributed by atoms with Gasteiger partial charge in [0.2, 0.25) is 11.8 Å². The largest absolute Gasteiger partial charge is 0.478 e. The molecule has 0 spiro atoms.